The van der Waals surface area contributed by atoms with Gasteiger partial charge in [0.05, 0.1) is 0 Å². The van der Waals surface area contributed by atoms with Gasteiger partial charge in [-0.1, -0.05) is 121 Å². The second-order valence-electron chi connectivity index (χ2n) is 18.6. The molecule has 322 valence electrons. The standard InChI is InChI=1S/C61H37BN2O4Si/c1-7-21-47-39(15-1)59-40-35-37(31-33-48(40)66-52-24-13-23-51(65-47)60(52)59)63-43-17-3-9-27-55(43)69(56-28-10-4-18-44(56)63)57-29-11-5-19-45(57)64(46-20-6-12-30-58(46)69)38-32-34-50-42(36-38)62-41-16-2-8-22-49(41)67-53-25-14-26-54(68-50)61(53)62/h1-36,59H. The quantitative estimate of drug-likeness (QED) is 0.161. The van der Waals surface area contributed by atoms with Crippen molar-refractivity contribution in [3.8, 4) is 46.0 Å². The van der Waals surface area contributed by atoms with Crippen molar-refractivity contribution in [3.63, 3.8) is 0 Å². The Morgan fingerprint density at radius 1 is 0.333 bits per heavy atom. The third-order valence-electron chi connectivity index (χ3n) is 15.3. The Bertz CT molecular complexity index is 3510. The third-order valence-corrected chi connectivity index (χ3v) is 20.2. The first-order valence-corrected chi connectivity index (χ1v) is 25.6. The lowest BCUT2D eigenvalue weighted by Crippen LogP contribution is -2.79. The van der Waals surface area contributed by atoms with Crippen LogP contribution in [0, 0.1) is 0 Å². The summed E-state index contributed by atoms with van der Waals surface area (Å²) in [5, 5.41) is 5.40. The lowest BCUT2D eigenvalue weighted by Gasteiger charge is -2.50. The summed E-state index contributed by atoms with van der Waals surface area (Å²) in [5.74, 6) is 6.82. The zero-order valence-electron chi connectivity index (χ0n) is 37.0. The van der Waals surface area contributed by atoms with Crippen molar-refractivity contribution in [2.75, 3.05) is 9.80 Å². The van der Waals surface area contributed by atoms with Gasteiger partial charge in [-0.25, -0.2) is 0 Å². The molecule has 69 heavy (non-hydrogen) atoms. The summed E-state index contributed by atoms with van der Waals surface area (Å²) in [5.41, 5.74) is 13.6. The molecule has 0 aromatic heterocycles. The van der Waals surface area contributed by atoms with Gasteiger partial charge in [-0.3, -0.25) is 0 Å². The average Bonchev–Trinajstić information content (AvgIpc) is 3.40. The number of benzene rings is 10. The van der Waals surface area contributed by atoms with E-state index in [4.69, 9.17) is 18.9 Å². The Morgan fingerprint density at radius 2 is 0.754 bits per heavy atom. The van der Waals surface area contributed by atoms with E-state index in [0.717, 1.165) is 90.4 Å². The first-order valence-electron chi connectivity index (χ1n) is 23.6. The van der Waals surface area contributed by atoms with Crippen LogP contribution in [-0.2, 0) is 0 Å². The highest BCUT2D eigenvalue weighted by molar-refractivity contribution is 7.23. The van der Waals surface area contributed by atoms with E-state index in [9.17, 15) is 0 Å². The van der Waals surface area contributed by atoms with Crippen LogP contribution in [0.15, 0.2) is 218 Å². The van der Waals surface area contributed by atoms with Gasteiger partial charge in [0.1, 0.15) is 46.0 Å². The minimum Gasteiger partial charge on any atom is -0.458 e. The fourth-order valence-electron chi connectivity index (χ4n) is 12.6. The van der Waals surface area contributed by atoms with Gasteiger partial charge < -0.3 is 28.7 Å². The molecule has 1 spiro atoms. The normalized spacial score (nSPS) is 15.9. The van der Waals surface area contributed by atoms with Crippen molar-refractivity contribution in [2.45, 2.75) is 5.92 Å². The number of rotatable bonds is 2. The molecule has 10 aromatic rings. The van der Waals surface area contributed by atoms with Crippen LogP contribution in [0.5, 0.6) is 46.0 Å². The lowest BCUT2D eigenvalue weighted by atomic mass is 9.35. The molecular formula is C61H37BN2O4Si. The first-order chi connectivity index (χ1) is 34.2. The SMILES string of the molecule is c1ccc2c(c1)Oc1cccc3c1B2c1cc(N2c4ccccc4[Si]4(c5ccccc52)c2ccccc2N(c2ccc5c(c2)C2c6ccccc6Oc6cccc(c62)O5)c2ccccc24)ccc1O3. The molecule has 0 bridgehead atoms. The number of nitrogens with zero attached hydrogens (tertiary/aromatic N) is 2. The van der Waals surface area contributed by atoms with E-state index in [-0.39, 0.29) is 12.6 Å². The van der Waals surface area contributed by atoms with Gasteiger partial charge in [-0.05, 0) is 129 Å². The number of anilines is 6. The van der Waals surface area contributed by atoms with E-state index < -0.39 is 8.07 Å². The second kappa shape index (κ2) is 13.7. The summed E-state index contributed by atoms with van der Waals surface area (Å²) in [6.07, 6.45) is 0. The molecule has 0 N–H and O–H groups in total. The molecule has 1 atom stereocenters. The highest BCUT2D eigenvalue weighted by atomic mass is 28.3. The van der Waals surface area contributed by atoms with Crippen molar-refractivity contribution in [1.82, 2.24) is 0 Å². The minimum atomic E-state index is -3.05. The fourth-order valence-corrected chi connectivity index (χ4v) is 18.1. The van der Waals surface area contributed by atoms with Gasteiger partial charge in [0.25, 0.3) is 6.71 Å². The highest BCUT2D eigenvalue weighted by Gasteiger charge is 2.54. The Kier molecular flexibility index (Phi) is 7.42. The fraction of sp³-hybridized carbons (Fsp3) is 0.0164. The summed E-state index contributed by atoms with van der Waals surface area (Å²) in [6, 6.07) is 79.2. The summed E-state index contributed by atoms with van der Waals surface area (Å²) in [6.45, 7) is -0.0444. The van der Waals surface area contributed by atoms with Crippen molar-refractivity contribution < 1.29 is 18.9 Å². The van der Waals surface area contributed by atoms with Gasteiger partial charge in [0, 0.05) is 62.2 Å². The Labute approximate surface area is 399 Å². The molecule has 6 aliphatic heterocycles. The molecule has 8 heteroatoms. The van der Waals surface area contributed by atoms with E-state index in [1.807, 2.05) is 24.3 Å². The monoisotopic (exact) mass is 900 g/mol. The van der Waals surface area contributed by atoms with Gasteiger partial charge in [0.2, 0.25) is 0 Å². The molecule has 6 aliphatic rings. The predicted octanol–water partition coefficient (Wildman–Crippen LogP) is 10.7. The van der Waals surface area contributed by atoms with Crippen molar-refractivity contribution >= 4 is 86.0 Å². The van der Waals surface area contributed by atoms with Crippen molar-refractivity contribution in [3.05, 3.63) is 235 Å². The molecule has 1 unspecified atom stereocenters. The lowest BCUT2D eigenvalue weighted by molar-refractivity contribution is 0.410. The minimum absolute atomic E-state index is 0.0444. The number of hydrogen-bond donors (Lipinski definition) is 0. The van der Waals surface area contributed by atoms with E-state index in [1.54, 1.807) is 0 Å². The summed E-state index contributed by atoms with van der Waals surface area (Å²) in [7, 11) is -3.05. The van der Waals surface area contributed by atoms with Crippen LogP contribution >= 0.6 is 0 Å². The molecule has 0 radical (unpaired) electrons. The van der Waals surface area contributed by atoms with Crippen LogP contribution in [0.3, 0.4) is 0 Å². The van der Waals surface area contributed by atoms with Gasteiger partial charge >= 0.3 is 0 Å². The molecule has 0 saturated heterocycles. The van der Waals surface area contributed by atoms with Crippen LogP contribution in [-0.4, -0.2) is 14.8 Å². The molecule has 6 nitrogen and oxygen atoms in total. The van der Waals surface area contributed by atoms with Gasteiger partial charge in [-0.2, -0.15) is 0 Å². The van der Waals surface area contributed by atoms with Crippen LogP contribution < -0.4 is 65.9 Å². The molecule has 16 rings (SSSR count). The third kappa shape index (κ3) is 4.90. The Balaban J connectivity index is 0.890. The Hall–Kier alpha value is -8.72. The van der Waals surface area contributed by atoms with Crippen molar-refractivity contribution in [1.29, 1.82) is 0 Å². The topological polar surface area (TPSA) is 43.4 Å². The first kappa shape index (κ1) is 37.4. The number of hydrogen-bond acceptors (Lipinski definition) is 6. The maximum Gasteiger partial charge on any atom is 0.260 e. The van der Waals surface area contributed by atoms with E-state index >= 15 is 0 Å². The second-order valence-corrected chi connectivity index (χ2v) is 22.3. The van der Waals surface area contributed by atoms with Crippen LogP contribution in [0.2, 0.25) is 0 Å². The maximum absolute atomic E-state index is 6.71. The summed E-state index contributed by atoms with van der Waals surface area (Å²) in [4.78, 5) is 4.99. The van der Waals surface area contributed by atoms with Crippen molar-refractivity contribution in [2.24, 2.45) is 0 Å². The molecule has 6 heterocycles. The van der Waals surface area contributed by atoms with Crippen LogP contribution in [0.1, 0.15) is 22.6 Å². The summed E-state index contributed by atoms with van der Waals surface area (Å²) >= 11 is 0. The largest absolute Gasteiger partial charge is 0.458 e. The Morgan fingerprint density at radius 3 is 1.35 bits per heavy atom. The highest BCUT2D eigenvalue weighted by Crippen LogP contribution is 2.57. The zero-order chi connectivity index (χ0) is 45.0. The molecular weight excluding hydrogens is 864 g/mol. The molecule has 10 aromatic carbocycles. The van der Waals surface area contributed by atoms with Gasteiger partial charge in [-0.15, -0.1) is 0 Å². The van der Waals surface area contributed by atoms with E-state index in [1.165, 1.54) is 43.5 Å². The zero-order valence-corrected chi connectivity index (χ0v) is 38.0. The van der Waals surface area contributed by atoms with E-state index in [2.05, 4.69) is 204 Å². The van der Waals surface area contributed by atoms with Gasteiger partial charge in [0.15, 0.2) is 8.07 Å². The van der Waals surface area contributed by atoms with Crippen LogP contribution in [0.4, 0.5) is 34.1 Å². The number of para-hydroxylation sites is 6. The smallest absolute Gasteiger partial charge is 0.260 e. The van der Waals surface area contributed by atoms with E-state index in [0.29, 0.717) is 0 Å². The summed E-state index contributed by atoms with van der Waals surface area (Å²) < 4.78 is 26.4. The molecule has 0 fully saturated rings. The molecule has 0 aliphatic carbocycles. The maximum atomic E-state index is 6.71. The predicted molar refractivity (Wildman–Crippen MR) is 278 cm³/mol. The molecule has 0 saturated carbocycles. The average molecular weight is 901 g/mol. The van der Waals surface area contributed by atoms with Crippen LogP contribution in [0.25, 0.3) is 0 Å². The molecule has 0 amide bonds. The number of ether oxygens (including phenoxy) is 4. The number of fused-ring (bicyclic) bond motifs is 16.